The smallest absolute Gasteiger partial charge is 0.466 e. The van der Waals surface area contributed by atoms with E-state index < -0.39 is 19.0 Å². The van der Waals surface area contributed by atoms with Gasteiger partial charge in [0.15, 0.2) is 0 Å². The van der Waals surface area contributed by atoms with Gasteiger partial charge in [0.25, 0.3) is 0 Å². The van der Waals surface area contributed by atoms with E-state index in [1.807, 2.05) is 0 Å². The topological polar surface area (TPSA) is 108 Å². The average Bonchev–Trinajstić information content (AvgIpc) is 3.34. The summed E-state index contributed by atoms with van der Waals surface area (Å²) in [5.74, 6) is -0.255. The summed E-state index contributed by atoms with van der Waals surface area (Å²) >= 11 is 0. The van der Waals surface area contributed by atoms with Gasteiger partial charge in [0.05, 0.1) is 30.7 Å². The van der Waals surface area contributed by atoms with Crippen LogP contribution in [-0.2, 0) is 33.2 Å². The Kier molecular flexibility index (Phi) is 14.6. The summed E-state index contributed by atoms with van der Waals surface area (Å²) < 4.78 is 18.2. The van der Waals surface area contributed by atoms with E-state index in [-0.39, 0.29) is 79.2 Å². The van der Waals surface area contributed by atoms with E-state index in [1.165, 1.54) is 25.7 Å². The van der Waals surface area contributed by atoms with Crippen LogP contribution in [0.4, 0.5) is 0 Å². The third-order valence-electron chi connectivity index (χ3n) is 10.9. The molecule has 45 heavy (non-hydrogen) atoms. The molecule has 3 aliphatic carbocycles. The first-order chi connectivity index (χ1) is 21.3. The van der Waals surface area contributed by atoms with Gasteiger partial charge in [0, 0.05) is 31.6 Å². The van der Waals surface area contributed by atoms with Crippen molar-refractivity contribution in [3.63, 3.8) is 0 Å². The molecule has 0 aromatic carbocycles. The zero-order valence-electron chi connectivity index (χ0n) is 29.4. The Balaban J connectivity index is 1.63. The van der Waals surface area contributed by atoms with E-state index >= 15 is 0 Å². The third-order valence-corrected chi connectivity index (χ3v) is 10.9. The van der Waals surface area contributed by atoms with Crippen LogP contribution in [0.2, 0.25) is 0 Å². The Morgan fingerprint density at radius 2 is 1.58 bits per heavy atom. The van der Waals surface area contributed by atoms with Crippen molar-refractivity contribution in [2.24, 2.45) is 29.1 Å². The van der Waals surface area contributed by atoms with Crippen molar-refractivity contribution >= 4 is 30.6 Å². The molecule has 4 fully saturated rings. The number of ketones is 2. The fourth-order valence-corrected chi connectivity index (χ4v) is 8.03. The molecule has 1 saturated heterocycles. The monoisotopic (exact) mass is 631 g/mol. The number of hydrogen-bond donors (Lipinski definition) is 1. The first-order valence-corrected chi connectivity index (χ1v) is 18.1. The summed E-state index contributed by atoms with van der Waals surface area (Å²) in [5, 5.41) is 3.23. The second-order valence-corrected chi connectivity index (χ2v) is 15.3. The highest BCUT2D eigenvalue weighted by Gasteiger charge is 2.68. The minimum absolute atomic E-state index is 0.0159. The van der Waals surface area contributed by atoms with Crippen LogP contribution < -0.4 is 5.32 Å². The van der Waals surface area contributed by atoms with Crippen LogP contribution in [-0.4, -0.2) is 54.8 Å². The van der Waals surface area contributed by atoms with Crippen molar-refractivity contribution in [3.8, 4) is 0 Å². The molecule has 256 valence electrons. The van der Waals surface area contributed by atoms with Crippen molar-refractivity contribution < 1.29 is 33.2 Å². The van der Waals surface area contributed by atoms with Crippen molar-refractivity contribution in [2.75, 3.05) is 6.61 Å². The molecule has 1 amide bonds. The van der Waals surface area contributed by atoms with Gasteiger partial charge in [-0.05, 0) is 69.1 Å². The third kappa shape index (κ3) is 10.4. The van der Waals surface area contributed by atoms with Gasteiger partial charge >= 0.3 is 13.1 Å². The molecule has 1 aliphatic heterocycles. The standard InChI is InChI=1S/C36H62BNO7/c1-8-10-11-12-13-14-15-16-29(40)22-26(17-18-28(39)19-20-33(41)43-9-2)34(42)38-32(21-25(3)4)37-44-31-24-27-23-30(35(27,5)6)36(31,7)45-37/h25-27,30-32H,8-24H2,1-7H3,(H,38,42)/t26-,27+,30+,31-,32+,36+/m1/s1. The molecule has 0 spiro atoms. The van der Waals surface area contributed by atoms with E-state index in [1.54, 1.807) is 6.92 Å². The summed E-state index contributed by atoms with van der Waals surface area (Å²) in [6.45, 7) is 15.3. The Morgan fingerprint density at radius 3 is 2.22 bits per heavy atom. The van der Waals surface area contributed by atoms with Crippen molar-refractivity contribution in [1.82, 2.24) is 5.32 Å². The molecule has 0 aromatic rings. The number of ether oxygens (including phenoxy) is 1. The lowest BCUT2D eigenvalue weighted by molar-refractivity contribution is -0.199. The number of amides is 1. The molecule has 0 radical (unpaired) electrons. The lowest BCUT2D eigenvalue weighted by atomic mass is 9.43. The van der Waals surface area contributed by atoms with Gasteiger partial charge in [-0.1, -0.05) is 73.1 Å². The maximum Gasteiger partial charge on any atom is 0.481 e. The summed E-state index contributed by atoms with van der Waals surface area (Å²) in [6.07, 6.45) is 11.8. The van der Waals surface area contributed by atoms with Crippen LogP contribution in [0.15, 0.2) is 0 Å². The number of hydrogen-bond acceptors (Lipinski definition) is 7. The number of esters is 1. The lowest BCUT2D eigenvalue weighted by Crippen LogP contribution is -2.65. The minimum Gasteiger partial charge on any atom is -0.466 e. The first kappa shape index (κ1) is 37.7. The molecule has 3 saturated carbocycles. The van der Waals surface area contributed by atoms with Crippen LogP contribution in [0.25, 0.3) is 0 Å². The molecule has 0 unspecified atom stereocenters. The van der Waals surface area contributed by atoms with Crippen molar-refractivity contribution in [2.45, 2.75) is 169 Å². The Labute approximate surface area is 273 Å². The molecule has 1 heterocycles. The zero-order chi connectivity index (χ0) is 33.2. The van der Waals surface area contributed by atoms with Gasteiger partial charge in [0.2, 0.25) is 5.91 Å². The van der Waals surface area contributed by atoms with E-state index in [4.69, 9.17) is 14.0 Å². The predicted octanol–water partition coefficient (Wildman–Crippen LogP) is 7.19. The largest absolute Gasteiger partial charge is 0.481 e. The van der Waals surface area contributed by atoms with E-state index in [0.717, 1.165) is 32.1 Å². The molecular formula is C36H62BNO7. The highest BCUT2D eigenvalue weighted by molar-refractivity contribution is 6.47. The predicted molar refractivity (Wildman–Crippen MR) is 177 cm³/mol. The number of rotatable bonds is 22. The van der Waals surface area contributed by atoms with Gasteiger partial charge in [-0.3, -0.25) is 19.2 Å². The number of unbranched alkanes of at least 4 members (excludes halogenated alkanes) is 6. The zero-order valence-corrected chi connectivity index (χ0v) is 29.4. The summed E-state index contributed by atoms with van der Waals surface area (Å²) in [7, 11) is -0.545. The molecule has 4 rings (SSSR count). The fourth-order valence-electron chi connectivity index (χ4n) is 8.03. The Hall–Kier alpha value is -1.74. The average molecular weight is 632 g/mol. The first-order valence-electron chi connectivity index (χ1n) is 18.1. The Bertz CT molecular complexity index is 1000. The molecule has 4 aliphatic rings. The lowest BCUT2D eigenvalue weighted by Gasteiger charge is -2.64. The Morgan fingerprint density at radius 1 is 0.889 bits per heavy atom. The fraction of sp³-hybridized carbons (Fsp3) is 0.889. The van der Waals surface area contributed by atoms with Gasteiger partial charge in [-0.25, -0.2) is 0 Å². The van der Waals surface area contributed by atoms with E-state index in [9.17, 15) is 19.2 Å². The number of carbonyl (C=O) groups excluding carboxylic acids is 4. The maximum absolute atomic E-state index is 13.9. The van der Waals surface area contributed by atoms with Gasteiger partial charge in [-0.15, -0.1) is 0 Å². The van der Waals surface area contributed by atoms with Crippen LogP contribution in [0.5, 0.6) is 0 Å². The van der Waals surface area contributed by atoms with Gasteiger partial charge in [-0.2, -0.15) is 0 Å². The minimum atomic E-state index is -0.616. The van der Waals surface area contributed by atoms with Crippen LogP contribution in [0, 0.1) is 29.1 Å². The van der Waals surface area contributed by atoms with Crippen molar-refractivity contribution in [1.29, 1.82) is 0 Å². The highest BCUT2D eigenvalue weighted by atomic mass is 16.7. The normalized spacial score (nSPS) is 26.1. The highest BCUT2D eigenvalue weighted by Crippen LogP contribution is 2.65. The SMILES string of the molecule is CCCCCCCCCC(=O)C[C@@H](CCC(=O)CCC(=O)OCC)C(=O)N[C@@H](CC(C)C)B1O[C@@H]2C[C@@H]3C[C@@H](C3(C)C)[C@]2(C)O1. The van der Waals surface area contributed by atoms with Crippen LogP contribution in [0.3, 0.4) is 0 Å². The summed E-state index contributed by atoms with van der Waals surface area (Å²) in [4.78, 5) is 51.4. The van der Waals surface area contributed by atoms with Crippen LogP contribution in [0.1, 0.15) is 151 Å². The van der Waals surface area contributed by atoms with E-state index in [0.29, 0.717) is 30.6 Å². The maximum atomic E-state index is 13.9. The molecule has 1 N–H and O–H groups in total. The number of nitrogens with one attached hydrogen (secondary N) is 1. The summed E-state index contributed by atoms with van der Waals surface area (Å²) in [5.41, 5.74) is -0.152. The molecular weight excluding hydrogens is 569 g/mol. The van der Waals surface area contributed by atoms with Gasteiger partial charge < -0.3 is 19.4 Å². The molecule has 9 heteroatoms. The second-order valence-electron chi connectivity index (χ2n) is 15.3. The van der Waals surface area contributed by atoms with Crippen LogP contribution >= 0.6 is 0 Å². The summed E-state index contributed by atoms with van der Waals surface area (Å²) in [6, 6.07) is 0. The van der Waals surface area contributed by atoms with E-state index in [2.05, 4.69) is 46.9 Å². The molecule has 6 atom stereocenters. The quantitative estimate of drug-likeness (QED) is 0.0765. The molecule has 8 nitrogen and oxygen atoms in total. The van der Waals surface area contributed by atoms with Gasteiger partial charge in [0.1, 0.15) is 11.6 Å². The number of Topliss-reactive ketones (excluding diaryl/α,β-unsaturated/α-hetero) is 2. The number of carbonyl (C=O) groups is 4. The molecule has 2 bridgehead atoms. The second kappa shape index (κ2) is 17.4. The van der Waals surface area contributed by atoms with Crippen molar-refractivity contribution in [3.05, 3.63) is 0 Å². The molecule has 0 aromatic heterocycles.